The first-order valence-electron chi connectivity index (χ1n) is 8.56. The van der Waals surface area contributed by atoms with E-state index in [1.165, 1.54) is 30.3 Å². The highest BCUT2D eigenvalue weighted by Crippen LogP contribution is 2.18. The van der Waals surface area contributed by atoms with E-state index in [0.29, 0.717) is 11.3 Å². The van der Waals surface area contributed by atoms with Crippen molar-refractivity contribution in [1.82, 2.24) is 5.32 Å². The smallest absolute Gasteiger partial charge is 0.261 e. The first-order chi connectivity index (χ1) is 13.3. The van der Waals surface area contributed by atoms with Gasteiger partial charge in [0, 0.05) is 23.4 Å². The molecule has 0 saturated heterocycles. The van der Waals surface area contributed by atoms with Crippen LogP contribution >= 0.6 is 0 Å². The molecule has 0 atom stereocenters. The van der Waals surface area contributed by atoms with Gasteiger partial charge >= 0.3 is 0 Å². The Labute approximate surface area is 163 Å². The molecule has 0 aliphatic rings. The minimum atomic E-state index is -3.85. The Bertz CT molecular complexity index is 1100. The minimum absolute atomic E-state index is 0.00407. The number of benzene rings is 3. The van der Waals surface area contributed by atoms with Crippen molar-refractivity contribution in [2.24, 2.45) is 0 Å². The molecule has 0 saturated carbocycles. The lowest BCUT2D eigenvalue weighted by Crippen LogP contribution is -2.23. The van der Waals surface area contributed by atoms with Gasteiger partial charge in [-0.3, -0.25) is 9.52 Å². The van der Waals surface area contributed by atoms with Gasteiger partial charge in [0.05, 0.1) is 4.90 Å². The van der Waals surface area contributed by atoms with Gasteiger partial charge < -0.3 is 5.32 Å². The molecule has 2 N–H and O–H groups in total. The maximum absolute atomic E-state index is 13.7. The second kappa shape index (κ2) is 8.22. The molecule has 1 amide bonds. The van der Waals surface area contributed by atoms with Crippen LogP contribution in [0, 0.1) is 12.7 Å². The van der Waals surface area contributed by atoms with Crippen LogP contribution in [0.1, 0.15) is 21.5 Å². The van der Waals surface area contributed by atoms with E-state index < -0.39 is 21.7 Å². The summed E-state index contributed by atoms with van der Waals surface area (Å²) in [6.45, 7) is 1.91. The highest BCUT2D eigenvalue weighted by atomic mass is 32.2. The first kappa shape index (κ1) is 19.6. The fourth-order valence-electron chi connectivity index (χ4n) is 2.56. The van der Waals surface area contributed by atoms with Crippen LogP contribution in [-0.4, -0.2) is 14.3 Å². The van der Waals surface area contributed by atoms with Gasteiger partial charge in [-0.25, -0.2) is 12.8 Å². The van der Waals surface area contributed by atoms with Crippen molar-refractivity contribution in [2.75, 3.05) is 4.72 Å². The molecule has 0 radical (unpaired) electrons. The van der Waals surface area contributed by atoms with Gasteiger partial charge in [0.2, 0.25) is 0 Å². The molecule has 0 unspecified atom stereocenters. The molecule has 3 rings (SSSR count). The Morgan fingerprint density at radius 1 is 0.964 bits per heavy atom. The van der Waals surface area contributed by atoms with Crippen LogP contribution in [0.25, 0.3) is 0 Å². The molecule has 0 aliphatic carbocycles. The van der Waals surface area contributed by atoms with Crippen molar-refractivity contribution < 1.29 is 17.6 Å². The molecule has 144 valence electrons. The zero-order valence-electron chi connectivity index (χ0n) is 15.1. The summed E-state index contributed by atoms with van der Waals surface area (Å²) in [5.74, 6) is -0.905. The van der Waals surface area contributed by atoms with Crippen LogP contribution in [0.5, 0.6) is 0 Å². The summed E-state index contributed by atoms with van der Waals surface area (Å²) in [6.07, 6.45) is 0. The largest absolute Gasteiger partial charge is 0.348 e. The van der Waals surface area contributed by atoms with Crippen LogP contribution < -0.4 is 10.0 Å². The number of halogens is 1. The molecule has 3 aromatic carbocycles. The van der Waals surface area contributed by atoms with E-state index in [-0.39, 0.29) is 17.0 Å². The normalized spacial score (nSPS) is 11.1. The Balaban J connectivity index is 1.74. The van der Waals surface area contributed by atoms with Crippen molar-refractivity contribution in [3.8, 4) is 0 Å². The zero-order valence-corrected chi connectivity index (χ0v) is 16.0. The Kier molecular flexibility index (Phi) is 5.75. The molecule has 0 aliphatic heterocycles. The maximum atomic E-state index is 13.7. The Morgan fingerprint density at radius 3 is 2.39 bits per heavy atom. The van der Waals surface area contributed by atoms with Crippen molar-refractivity contribution in [1.29, 1.82) is 0 Å². The fraction of sp³-hybridized carbons (Fsp3) is 0.0952. The molecule has 0 spiro atoms. The summed E-state index contributed by atoms with van der Waals surface area (Å²) in [7, 11) is -3.85. The van der Waals surface area contributed by atoms with E-state index in [2.05, 4.69) is 10.0 Å². The van der Waals surface area contributed by atoms with Gasteiger partial charge in [0.1, 0.15) is 5.82 Å². The van der Waals surface area contributed by atoms with Crippen LogP contribution in [0.2, 0.25) is 0 Å². The number of nitrogens with one attached hydrogen (secondary N) is 2. The molecule has 7 heteroatoms. The predicted octanol–water partition coefficient (Wildman–Crippen LogP) is 3.86. The number of amides is 1. The molecule has 5 nitrogen and oxygen atoms in total. The maximum Gasteiger partial charge on any atom is 0.261 e. The highest BCUT2D eigenvalue weighted by Gasteiger charge is 2.16. The van der Waals surface area contributed by atoms with Crippen LogP contribution in [0.3, 0.4) is 0 Å². The van der Waals surface area contributed by atoms with E-state index in [1.807, 2.05) is 6.92 Å². The molecule has 0 bridgehead atoms. The van der Waals surface area contributed by atoms with E-state index in [9.17, 15) is 17.6 Å². The van der Waals surface area contributed by atoms with Crippen molar-refractivity contribution in [3.05, 3.63) is 95.3 Å². The summed E-state index contributed by atoms with van der Waals surface area (Å²) >= 11 is 0. The van der Waals surface area contributed by atoms with Crippen molar-refractivity contribution in [2.45, 2.75) is 18.4 Å². The third-order valence-corrected chi connectivity index (χ3v) is 5.49. The number of hydrogen-bond donors (Lipinski definition) is 2. The molecular weight excluding hydrogens is 379 g/mol. The number of anilines is 1. The number of aryl methyl sites for hydroxylation is 1. The quantitative estimate of drug-likeness (QED) is 0.662. The van der Waals surface area contributed by atoms with Crippen LogP contribution in [0.15, 0.2) is 77.7 Å². The number of rotatable bonds is 6. The number of hydrogen-bond acceptors (Lipinski definition) is 3. The third-order valence-electron chi connectivity index (χ3n) is 4.11. The SMILES string of the molecule is Cc1ccc(NS(=O)(=O)c2cccc(C(=O)NCc3ccccc3F)c2)cc1. The molecule has 0 aromatic heterocycles. The number of carbonyl (C=O) groups is 1. The summed E-state index contributed by atoms with van der Waals surface area (Å²) in [5, 5.41) is 2.60. The first-order valence-corrected chi connectivity index (χ1v) is 10.0. The molecule has 0 heterocycles. The third kappa shape index (κ3) is 4.75. The predicted molar refractivity (Wildman–Crippen MR) is 106 cm³/mol. The van der Waals surface area contributed by atoms with Crippen LogP contribution in [0.4, 0.5) is 10.1 Å². The summed E-state index contributed by atoms with van der Waals surface area (Å²) in [5.41, 5.74) is 1.96. The van der Waals surface area contributed by atoms with Crippen molar-refractivity contribution >= 4 is 21.6 Å². The number of carbonyl (C=O) groups excluding carboxylic acids is 1. The average molecular weight is 398 g/mol. The van der Waals surface area contributed by atoms with Crippen molar-refractivity contribution in [3.63, 3.8) is 0 Å². The monoisotopic (exact) mass is 398 g/mol. The summed E-state index contributed by atoms with van der Waals surface area (Å²) < 4.78 is 41.3. The van der Waals surface area contributed by atoms with Gasteiger partial charge in [-0.15, -0.1) is 0 Å². The lowest BCUT2D eigenvalue weighted by molar-refractivity contribution is 0.0950. The Hall–Kier alpha value is -3.19. The van der Waals surface area contributed by atoms with Gasteiger partial charge in [-0.05, 0) is 43.3 Å². The summed E-state index contributed by atoms with van der Waals surface area (Å²) in [6, 6.07) is 18.7. The van der Waals surface area contributed by atoms with E-state index in [0.717, 1.165) is 5.56 Å². The van der Waals surface area contributed by atoms with Gasteiger partial charge in [-0.1, -0.05) is 42.0 Å². The minimum Gasteiger partial charge on any atom is -0.348 e. The molecule has 3 aromatic rings. The molecule has 0 fully saturated rings. The number of sulfonamides is 1. The van der Waals surface area contributed by atoms with E-state index >= 15 is 0 Å². The second-order valence-electron chi connectivity index (χ2n) is 6.27. The standard InChI is InChI=1S/C21H19FN2O3S/c1-15-9-11-18(12-10-15)24-28(26,27)19-7-4-6-16(13-19)21(25)23-14-17-5-2-3-8-20(17)22/h2-13,24H,14H2,1H3,(H,23,25). The topological polar surface area (TPSA) is 75.3 Å². The van der Waals surface area contributed by atoms with Gasteiger partial charge in [-0.2, -0.15) is 0 Å². The van der Waals surface area contributed by atoms with Gasteiger partial charge in [0.15, 0.2) is 0 Å². The Morgan fingerprint density at radius 2 is 1.68 bits per heavy atom. The van der Waals surface area contributed by atoms with E-state index in [1.54, 1.807) is 42.5 Å². The fourth-order valence-corrected chi connectivity index (χ4v) is 3.66. The molecule has 28 heavy (non-hydrogen) atoms. The zero-order chi connectivity index (χ0) is 20.1. The van der Waals surface area contributed by atoms with Crippen LogP contribution in [-0.2, 0) is 16.6 Å². The van der Waals surface area contributed by atoms with E-state index in [4.69, 9.17) is 0 Å². The average Bonchev–Trinajstić information content (AvgIpc) is 2.69. The lowest BCUT2D eigenvalue weighted by atomic mass is 10.2. The van der Waals surface area contributed by atoms with Gasteiger partial charge in [0.25, 0.3) is 15.9 Å². The summed E-state index contributed by atoms with van der Waals surface area (Å²) in [4.78, 5) is 12.3. The highest BCUT2D eigenvalue weighted by molar-refractivity contribution is 7.92. The molecular formula is C21H19FN2O3S. The second-order valence-corrected chi connectivity index (χ2v) is 7.96. The lowest BCUT2D eigenvalue weighted by Gasteiger charge is -2.10.